The van der Waals surface area contributed by atoms with Crippen molar-refractivity contribution < 1.29 is 4.79 Å². The lowest BCUT2D eigenvalue weighted by Gasteiger charge is -2.25. The highest BCUT2D eigenvalue weighted by Gasteiger charge is 2.16. The number of thiazole rings is 1. The number of rotatable bonds is 5. The number of hydrogen-bond acceptors (Lipinski definition) is 7. The molecule has 0 saturated carbocycles. The van der Waals surface area contributed by atoms with Gasteiger partial charge in [0.1, 0.15) is 16.5 Å². The second kappa shape index (κ2) is 8.03. The summed E-state index contributed by atoms with van der Waals surface area (Å²) < 4.78 is 0. The monoisotopic (exact) mass is 385 g/mol. The van der Waals surface area contributed by atoms with Crippen molar-refractivity contribution in [3.8, 4) is 21.4 Å². The van der Waals surface area contributed by atoms with Crippen LogP contribution in [0.4, 0.5) is 5.82 Å². The predicted molar refractivity (Wildman–Crippen MR) is 105 cm³/mol. The van der Waals surface area contributed by atoms with E-state index in [-0.39, 0.29) is 5.91 Å². The fourth-order valence-corrected chi connectivity index (χ4v) is 4.24. The Hall–Kier alpha value is -2.16. The first-order chi connectivity index (χ1) is 12.8. The minimum Gasteiger partial charge on any atom is -0.309 e. The number of nitrogens with one attached hydrogen (secondary N) is 1. The molecule has 3 aromatic rings. The van der Waals surface area contributed by atoms with E-state index in [1.54, 1.807) is 23.6 Å². The Kier molecular flexibility index (Phi) is 5.33. The third-order valence-electron chi connectivity index (χ3n) is 4.20. The highest BCUT2D eigenvalue weighted by Crippen LogP contribution is 2.27. The molecule has 0 atom stereocenters. The summed E-state index contributed by atoms with van der Waals surface area (Å²) in [6.45, 7) is 2.38. The minimum atomic E-state index is -0.0344. The van der Waals surface area contributed by atoms with Crippen LogP contribution in [-0.4, -0.2) is 45.4 Å². The largest absolute Gasteiger partial charge is 0.309 e. The number of aromatic nitrogens is 3. The van der Waals surface area contributed by atoms with Crippen LogP contribution in [0.15, 0.2) is 35.2 Å². The average molecular weight is 386 g/mol. The molecule has 0 spiro atoms. The van der Waals surface area contributed by atoms with Crippen LogP contribution in [0.1, 0.15) is 19.3 Å². The molecule has 8 heteroatoms. The lowest BCUT2D eigenvalue weighted by molar-refractivity contribution is -0.117. The van der Waals surface area contributed by atoms with Crippen molar-refractivity contribution in [1.82, 2.24) is 19.9 Å². The van der Waals surface area contributed by atoms with Crippen LogP contribution in [0.5, 0.6) is 0 Å². The number of thiophene rings is 1. The van der Waals surface area contributed by atoms with E-state index in [0.29, 0.717) is 18.2 Å². The smallest absolute Gasteiger partial charge is 0.239 e. The van der Waals surface area contributed by atoms with Crippen molar-refractivity contribution in [2.45, 2.75) is 19.3 Å². The first-order valence-corrected chi connectivity index (χ1v) is 10.4. The third-order valence-corrected chi connectivity index (χ3v) is 5.86. The molecule has 1 aliphatic rings. The van der Waals surface area contributed by atoms with E-state index in [1.807, 2.05) is 22.9 Å². The number of likely N-dealkylation sites (tertiary alicyclic amines) is 1. The third kappa shape index (κ3) is 4.14. The molecule has 4 rings (SSSR count). The standard InChI is InChI=1S/C18H19N5OS2/c24-16(12-23-7-2-1-3-8-23)21-15-11-13(18-19-6-10-26-18)20-17(22-15)14-5-4-9-25-14/h4-6,9-11H,1-3,7-8,12H2,(H,20,21,22,24). The molecule has 0 aromatic carbocycles. The molecule has 0 radical (unpaired) electrons. The van der Waals surface area contributed by atoms with Crippen LogP contribution in [0.3, 0.4) is 0 Å². The topological polar surface area (TPSA) is 71.0 Å². The van der Waals surface area contributed by atoms with Gasteiger partial charge in [-0.1, -0.05) is 12.5 Å². The van der Waals surface area contributed by atoms with Gasteiger partial charge in [0.25, 0.3) is 0 Å². The van der Waals surface area contributed by atoms with Gasteiger partial charge in [-0.2, -0.15) is 0 Å². The summed E-state index contributed by atoms with van der Waals surface area (Å²) >= 11 is 3.09. The van der Waals surface area contributed by atoms with Crippen LogP contribution in [0.25, 0.3) is 21.4 Å². The molecule has 1 N–H and O–H groups in total. The van der Waals surface area contributed by atoms with Gasteiger partial charge in [0, 0.05) is 17.6 Å². The van der Waals surface area contributed by atoms with Gasteiger partial charge in [0.05, 0.1) is 11.4 Å². The molecule has 6 nitrogen and oxygen atoms in total. The molecule has 0 aliphatic carbocycles. The minimum absolute atomic E-state index is 0.0344. The van der Waals surface area contributed by atoms with Crippen LogP contribution in [0.2, 0.25) is 0 Å². The Balaban J connectivity index is 1.57. The number of amides is 1. The Bertz CT molecular complexity index is 805. The summed E-state index contributed by atoms with van der Waals surface area (Å²) in [6, 6.07) is 5.74. The van der Waals surface area contributed by atoms with E-state index < -0.39 is 0 Å². The summed E-state index contributed by atoms with van der Waals surface area (Å²) in [5.41, 5.74) is 0.728. The fourth-order valence-electron chi connectivity index (χ4n) is 2.99. The maximum Gasteiger partial charge on any atom is 0.239 e. The molecule has 134 valence electrons. The van der Waals surface area contributed by atoms with E-state index in [0.717, 1.165) is 41.5 Å². The van der Waals surface area contributed by atoms with Crippen molar-refractivity contribution in [3.05, 3.63) is 35.2 Å². The van der Waals surface area contributed by atoms with E-state index in [9.17, 15) is 4.79 Å². The predicted octanol–water partition coefficient (Wildman–Crippen LogP) is 3.75. The number of carbonyl (C=O) groups excluding carboxylic acids is 1. The number of carbonyl (C=O) groups is 1. The lowest BCUT2D eigenvalue weighted by Crippen LogP contribution is -2.37. The van der Waals surface area contributed by atoms with Crippen LogP contribution >= 0.6 is 22.7 Å². The maximum atomic E-state index is 12.5. The molecule has 1 saturated heterocycles. The summed E-state index contributed by atoms with van der Waals surface area (Å²) in [5, 5.41) is 7.66. The summed E-state index contributed by atoms with van der Waals surface area (Å²) in [6.07, 6.45) is 5.34. The SMILES string of the molecule is O=C(CN1CCCCC1)Nc1cc(-c2nccs2)nc(-c2cccs2)n1. The first-order valence-electron chi connectivity index (χ1n) is 8.63. The van der Waals surface area contributed by atoms with E-state index >= 15 is 0 Å². The highest BCUT2D eigenvalue weighted by atomic mass is 32.1. The zero-order valence-corrected chi connectivity index (χ0v) is 15.9. The van der Waals surface area contributed by atoms with E-state index in [2.05, 4.69) is 25.2 Å². The van der Waals surface area contributed by atoms with Gasteiger partial charge in [-0.3, -0.25) is 9.69 Å². The normalized spacial score (nSPS) is 15.1. The number of hydrogen-bond donors (Lipinski definition) is 1. The molecule has 4 heterocycles. The average Bonchev–Trinajstić information content (AvgIpc) is 3.36. The van der Waals surface area contributed by atoms with Crippen molar-refractivity contribution in [1.29, 1.82) is 0 Å². The molecule has 3 aromatic heterocycles. The van der Waals surface area contributed by atoms with Gasteiger partial charge in [-0.25, -0.2) is 15.0 Å². The number of anilines is 1. The summed E-state index contributed by atoms with van der Waals surface area (Å²) in [5.74, 6) is 1.10. The van der Waals surface area contributed by atoms with Gasteiger partial charge >= 0.3 is 0 Å². The van der Waals surface area contributed by atoms with E-state index in [1.165, 1.54) is 17.8 Å². The second-order valence-electron chi connectivity index (χ2n) is 6.16. The van der Waals surface area contributed by atoms with Gasteiger partial charge in [0.15, 0.2) is 5.82 Å². The molecule has 1 aliphatic heterocycles. The van der Waals surface area contributed by atoms with Crippen LogP contribution in [-0.2, 0) is 4.79 Å². The first kappa shape index (κ1) is 17.3. The zero-order valence-electron chi connectivity index (χ0n) is 14.2. The van der Waals surface area contributed by atoms with Crippen LogP contribution in [0, 0.1) is 0 Å². The quantitative estimate of drug-likeness (QED) is 0.724. The van der Waals surface area contributed by atoms with Gasteiger partial charge in [0.2, 0.25) is 5.91 Å². The van der Waals surface area contributed by atoms with E-state index in [4.69, 9.17) is 0 Å². The maximum absolute atomic E-state index is 12.5. The lowest BCUT2D eigenvalue weighted by atomic mass is 10.1. The van der Waals surface area contributed by atoms with Crippen molar-refractivity contribution in [2.24, 2.45) is 0 Å². The van der Waals surface area contributed by atoms with Crippen molar-refractivity contribution in [2.75, 3.05) is 25.0 Å². The summed E-state index contributed by atoms with van der Waals surface area (Å²) in [4.78, 5) is 29.1. The Morgan fingerprint density at radius 2 is 2.04 bits per heavy atom. The van der Waals surface area contributed by atoms with Crippen molar-refractivity contribution >= 4 is 34.4 Å². The van der Waals surface area contributed by atoms with Gasteiger partial charge in [-0.15, -0.1) is 22.7 Å². The van der Waals surface area contributed by atoms with Crippen LogP contribution < -0.4 is 5.32 Å². The molecule has 0 unspecified atom stereocenters. The number of piperidine rings is 1. The van der Waals surface area contributed by atoms with Gasteiger partial charge in [-0.05, 0) is 37.4 Å². The fraction of sp³-hybridized carbons (Fsp3) is 0.333. The highest BCUT2D eigenvalue weighted by molar-refractivity contribution is 7.13. The Morgan fingerprint density at radius 3 is 2.77 bits per heavy atom. The zero-order chi connectivity index (χ0) is 17.8. The van der Waals surface area contributed by atoms with Gasteiger partial charge < -0.3 is 5.32 Å². The van der Waals surface area contributed by atoms with Crippen molar-refractivity contribution in [3.63, 3.8) is 0 Å². The molecule has 1 amide bonds. The molecular weight excluding hydrogens is 366 g/mol. The number of nitrogens with zero attached hydrogens (tertiary/aromatic N) is 4. The molecule has 0 bridgehead atoms. The summed E-state index contributed by atoms with van der Waals surface area (Å²) in [7, 11) is 0. The Labute approximate surface area is 160 Å². The Morgan fingerprint density at radius 1 is 1.15 bits per heavy atom. The molecule has 1 fully saturated rings. The second-order valence-corrected chi connectivity index (χ2v) is 8.00. The molecular formula is C18H19N5OS2. The molecule has 26 heavy (non-hydrogen) atoms.